The van der Waals surface area contributed by atoms with Gasteiger partial charge in [-0.05, 0) is 25.8 Å². The second kappa shape index (κ2) is 7.04. The smallest absolute Gasteiger partial charge is 0.316 e. The van der Waals surface area contributed by atoms with Gasteiger partial charge >= 0.3 is 5.97 Å². The summed E-state index contributed by atoms with van der Waals surface area (Å²) in [5, 5.41) is 1.94. The standard InChI is InChI=1S/C14H18N2O2S2/c1-4-5-6-18-11(17)7-19-13-12-9(2)10(3)20-14(12)16-8-15-13/h8H,4-7H2,1-3H3. The number of esters is 1. The third-order valence-corrected chi connectivity index (χ3v) is 5.10. The molecule has 0 radical (unpaired) electrons. The molecule has 0 saturated carbocycles. The van der Waals surface area contributed by atoms with Crippen molar-refractivity contribution >= 4 is 39.3 Å². The van der Waals surface area contributed by atoms with Crippen LogP contribution in [0.5, 0.6) is 0 Å². The van der Waals surface area contributed by atoms with E-state index >= 15 is 0 Å². The van der Waals surface area contributed by atoms with E-state index in [4.69, 9.17) is 4.74 Å². The lowest BCUT2D eigenvalue weighted by molar-refractivity contribution is -0.140. The molecule has 6 heteroatoms. The molecule has 2 aromatic rings. The first-order chi connectivity index (χ1) is 9.63. The third kappa shape index (κ3) is 3.49. The van der Waals surface area contributed by atoms with Crippen molar-refractivity contribution in [2.45, 2.75) is 38.6 Å². The summed E-state index contributed by atoms with van der Waals surface area (Å²) in [6.45, 7) is 6.73. The Kier molecular flexibility index (Phi) is 5.37. The van der Waals surface area contributed by atoms with E-state index in [1.807, 2.05) is 0 Å². The van der Waals surface area contributed by atoms with Crippen molar-refractivity contribution in [1.29, 1.82) is 0 Å². The predicted molar refractivity (Wildman–Crippen MR) is 83.5 cm³/mol. The summed E-state index contributed by atoms with van der Waals surface area (Å²) >= 11 is 3.09. The van der Waals surface area contributed by atoms with Crippen LogP contribution in [0.4, 0.5) is 0 Å². The van der Waals surface area contributed by atoms with Gasteiger partial charge in [-0.2, -0.15) is 0 Å². The molecule has 20 heavy (non-hydrogen) atoms. The molecule has 2 aromatic heterocycles. The zero-order chi connectivity index (χ0) is 14.5. The zero-order valence-corrected chi connectivity index (χ0v) is 13.6. The number of thioether (sulfide) groups is 1. The number of ether oxygens (including phenoxy) is 1. The molecule has 0 bridgehead atoms. The van der Waals surface area contributed by atoms with Crippen molar-refractivity contribution in [3.05, 3.63) is 16.8 Å². The molecule has 0 aliphatic heterocycles. The van der Waals surface area contributed by atoms with Gasteiger partial charge in [0.05, 0.1) is 12.4 Å². The van der Waals surface area contributed by atoms with Crippen molar-refractivity contribution in [1.82, 2.24) is 9.97 Å². The first-order valence-corrected chi connectivity index (χ1v) is 8.42. The maximum absolute atomic E-state index is 11.6. The fourth-order valence-corrected chi connectivity index (χ4v) is 3.67. The van der Waals surface area contributed by atoms with E-state index in [-0.39, 0.29) is 5.97 Å². The summed E-state index contributed by atoms with van der Waals surface area (Å²) < 4.78 is 5.15. The van der Waals surface area contributed by atoms with Gasteiger partial charge in [-0.25, -0.2) is 9.97 Å². The van der Waals surface area contributed by atoms with E-state index in [0.29, 0.717) is 12.4 Å². The highest BCUT2D eigenvalue weighted by Crippen LogP contribution is 2.34. The average Bonchev–Trinajstić information content (AvgIpc) is 2.73. The van der Waals surface area contributed by atoms with Gasteiger partial charge in [-0.1, -0.05) is 25.1 Å². The molecule has 0 N–H and O–H groups in total. The van der Waals surface area contributed by atoms with Crippen LogP contribution >= 0.6 is 23.1 Å². The zero-order valence-electron chi connectivity index (χ0n) is 11.9. The van der Waals surface area contributed by atoms with E-state index in [9.17, 15) is 4.79 Å². The van der Waals surface area contributed by atoms with Crippen LogP contribution in [0, 0.1) is 13.8 Å². The van der Waals surface area contributed by atoms with Crippen LogP contribution in [0.25, 0.3) is 10.2 Å². The molecule has 0 unspecified atom stereocenters. The van der Waals surface area contributed by atoms with Crippen LogP contribution in [-0.2, 0) is 9.53 Å². The van der Waals surface area contributed by atoms with Gasteiger partial charge < -0.3 is 4.74 Å². The summed E-state index contributed by atoms with van der Waals surface area (Å²) in [4.78, 5) is 22.4. The number of aromatic nitrogens is 2. The lowest BCUT2D eigenvalue weighted by Gasteiger charge is -2.04. The molecule has 2 heterocycles. The number of hydrogen-bond donors (Lipinski definition) is 0. The van der Waals surface area contributed by atoms with Gasteiger partial charge in [0, 0.05) is 10.3 Å². The Labute approximate surface area is 127 Å². The van der Waals surface area contributed by atoms with Gasteiger partial charge in [0.2, 0.25) is 0 Å². The highest BCUT2D eigenvalue weighted by Gasteiger charge is 2.13. The fourth-order valence-electron chi connectivity index (χ4n) is 1.76. The summed E-state index contributed by atoms with van der Waals surface area (Å²) in [6.07, 6.45) is 3.50. The number of aryl methyl sites for hydroxylation is 2. The monoisotopic (exact) mass is 310 g/mol. The number of hydrogen-bond acceptors (Lipinski definition) is 6. The van der Waals surface area contributed by atoms with Crippen LogP contribution in [0.3, 0.4) is 0 Å². The molecule has 0 spiro atoms. The Morgan fingerprint density at radius 2 is 2.20 bits per heavy atom. The highest BCUT2D eigenvalue weighted by atomic mass is 32.2. The molecular formula is C14H18N2O2S2. The van der Waals surface area contributed by atoms with Crippen LogP contribution in [0.1, 0.15) is 30.2 Å². The molecule has 0 atom stereocenters. The summed E-state index contributed by atoms with van der Waals surface area (Å²) in [6, 6.07) is 0. The predicted octanol–water partition coefficient (Wildman–Crippen LogP) is 3.74. The lowest BCUT2D eigenvalue weighted by atomic mass is 10.2. The van der Waals surface area contributed by atoms with Crippen LogP contribution < -0.4 is 0 Å². The molecular weight excluding hydrogens is 292 g/mol. The number of nitrogens with zero attached hydrogens (tertiary/aromatic N) is 2. The van der Waals surface area contributed by atoms with Crippen molar-refractivity contribution in [3.63, 3.8) is 0 Å². The molecule has 108 valence electrons. The van der Waals surface area contributed by atoms with E-state index in [0.717, 1.165) is 28.1 Å². The Balaban J connectivity index is 2.05. The fraction of sp³-hybridized carbons (Fsp3) is 0.500. The van der Waals surface area contributed by atoms with E-state index in [1.165, 1.54) is 22.2 Å². The number of unbranched alkanes of at least 4 members (excludes halogenated alkanes) is 1. The minimum Gasteiger partial charge on any atom is -0.465 e. The Morgan fingerprint density at radius 3 is 2.95 bits per heavy atom. The molecule has 0 aliphatic carbocycles. The van der Waals surface area contributed by atoms with Crippen molar-refractivity contribution < 1.29 is 9.53 Å². The summed E-state index contributed by atoms with van der Waals surface area (Å²) in [7, 11) is 0. The van der Waals surface area contributed by atoms with Crippen molar-refractivity contribution in [2.75, 3.05) is 12.4 Å². The van der Waals surface area contributed by atoms with Crippen molar-refractivity contribution in [3.8, 4) is 0 Å². The maximum Gasteiger partial charge on any atom is 0.316 e. The van der Waals surface area contributed by atoms with E-state index in [2.05, 4.69) is 30.7 Å². The number of carbonyl (C=O) groups is 1. The number of carbonyl (C=O) groups excluding carboxylic acids is 1. The molecule has 2 rings (SSSR count). The second-order valence-corrected chi connectivity index (χ2v) is 6.67. The normalized spacial score (nSPS) is 10.9. The average molecular weight is 310 g/mol. The van der Waals surface area contributed by atoms with Gasteiger partial charge in [-0.3, -0.25) is 4.79 Å². The minimum atomic E-state index is -0.181. The van der Waals surface area contributed by atoms with E-state index < -0.39 is 0 Å². The molecule has 0 fully saturated rings. The second-order valence-electron chi connectivity index (χ2n) is 4.50. The van der Waals surface area contributed by atoms with Gasteiger partial charge in [0.25, 0.3) is 0 Å². The molecule has 0 saturated heterocycles. The molecule has 0 amide bonds. The van der Waals surface area contributed by atoms with Crippen LogP contribution in [0.15, 0.2) is 11.4 Å². The van der Waals surface area contributed by atoms with Crippen molar-refractivity contribution in [2.24, 2.45) is 0 Å². The highest BCUT2D eigenvalue weighted by molar-refractivity contribution is 8.00. The number of fused-ring (bicyclic) bond motifs is 1. The van der Waals surface area contributed by atoms with E-state index in [1.54, 1.807) is 17.7 Å². The third-order valence-electron chi connectivity index (χ3n) is 3.02. The lowest BCUT2D eigenvalue weighted by Crippen LogP contribution is -2.08. The minimum absolute atomic E-state index is 0.181. The van der Waals surface area contributed by atoms with Crippen LogP contribution in [-0.4, -0.2) is 28.3 Å². The molecule has 4 nitrogen and oxygen atoms in total. The quantitative estimate of drug-likeness (QED) is 0.352. The Morgan fingerprint density at radius 1 is 1.40 bits per heavy atom. The molecule has 0 aromatic carbocycles. The first-order valence-electron chi connectivity index (χ1n) is 6.62. The van der Waals surface area contributed by atoms with Crippen LogP contribution in [0.2, 0.25) is 0 Å². The molecule has 0 aliphatic rings. The summed E-state index contributed by atoms with van der Waals surface area (Å²) in [5.74, 6) is 0.115. The topological polar surface area (TPSA) is 52.1 Å². The number of thiophene rings is 1. The maximum atomic E-state index is 11.6. The SMILES string of the molecule is CCCCOC(=O)CSc1ncnc2sc(C)c(C)c12. The largest absolute Gasteiger partial charge is 0.465 e. The van der Waals surface area contributed by atoms with Gasteiger partial charge in [-0.15, -0.1) is 11.3 Å². The summed E-state index contributed by atoms with van der Waals surface area (Å²) in [5.41, 5.74) is 1.20. The Bertz CT molecular complexity index is 610. The van der Waals surface area contributed by atoms with Gasteiger partial charge in [0.15, 0.2) is 0 Å². The first kappa shape index (κ1) is 15.3. The number of rotatable bonds is 6. The van der Waals surface area contributed by atoms with Gasteiger partial charge in [0.1, 0.15) is 16.2 Å². The Hall–Kier alpha value is -1.14.